The molecule has 1 amide bonds. The highest BCUT2D eigenvalue weighted by molar-refractivity contribution is 5.97. The molecular formula is C14H17F3N4O4. The molecule has 0 aromatic rings. The molecule has 1 saturated carbocycles. The Labute approximate surface area is 141 Å². The van der Waals surface area contributed by atoms with Crippen molar-refractivity contribution in [1.29, 1.82) is 5.26 Å². The molecule has 0 unspecified atom stereocenters. The Morgan fingerprint density at radius 2 is 2.08 bits per heavy atom. The first-order chi connectivity index (χ1) is 11.6. The maximum absolute atomic E-state index is 12.7. The van der Waals surface area contributed by atoms with Crippen molar-refractivity contribution in [3.63, 3.8) is 0 Å². The zero-order valence-corrected chi connectivity index (χ0v) is 13.3. The largest absolute Gasteiger partial charge is 0.492 e. The first kappa shape index (κ1) is 19.1. The summed E-state index contributed by atoms with van der Waals surface area (Å²) < 4.78 is 37.2. The summed E-state index contributed by atoms with van der Waals surface area (Å²) >= 11 is 0. The van der Waals surface area contributed by atoms with Gasteiger partial charge in [-0.15, -0.1) is 5.06 Å². The van der Waals surface area contributed by atoms with Crippen molar-refractivity contribution in [2.24, 2.45) is 17.6 Å². The summed E-state index contributed by atoms with van der Waals surface area (Å²) in [6, 6.07) is 0.441. The Morgan fingerprint density at radius 1 is 1.44 bits per heavy atom. The van der Waals surface area contributed by atoms with E-state index in [0.29, 0.717) is 11.5 Å². The Bertz CT molecular complexity index is 633. The predicted molar refractivity (Wildman–Crippen MR) is 75.1 cm³/mol. The van der Waals surface area contributed by atoms with Crippen molar-refractivity contribution >= 4 is 17.7 Å². The van der Waals surface area contributed by atoms with Crippen LogP contribution in [0.2, 0.25) is 0 Å². The lowest BCUT2D eigenvalue weighted by atomic mass is 9.87. The number of ketones is 1. The number of hydroxylamine groups is 2. The first-order valence-electron chi connectivity index (χ1n) is 7.58. The Hall–Kier alpha value is -2.19. The highest BCUT2D eigenvalue weighted by Crippen LogP contribution is 2.43. The molecule has 4 atom stereocenters. The van der Waals surface area contributed by atoms with Crippen molar-refractivity contribution in [1.82, 2.24) is 10.4 Å². The minimum absolute atomic E-state index is 0.113. The van der Waals surface area contributed by atoms with Gasteiger partial charge in [-0.3, -0.25) is 9.59 Å². The lowest BCUT2D eigenvalue weighted by molar-refractivity contribution is -0.245. The van der Waals surface area contributed by atoms with Crippen molar-refractivity contribution < 1.29 is 32.4 Å². The summed E-state index contributed by atoms with van der Waals surface area (Å²) in [5.41, 5.74) is 3.78. The minimum Gasteiger partial charge on any atom is -0.359 e. The number of carbonyl (C=O) groups excluding carboxylic acids is 3. The van der Waals surface area contributed by atoms with Gasteiger partial charge >= 0.3 is 12.1 Å². The molecule has 2 aliphatic rings. The van der Waals surface area contributed by atoms with E-state index in [1.165, 1.54) is 7.05 Å². The normalized spacial score (nSPS) is 30.2. The third kappa shape index (κ3) is 3.45. The zero-order chi connectivity index (χ0) is 19.0. The van der Waals surface area contributed by atoms with Gasteiger partial charge in [0.05, 0.1) is 12.1 Å². The van der Waals surface area contributed by atoms with E-state index < -0.39 is 41.3 Å². The topological polar surface area (TPSA) is 126 Å². The van der Waals surface area contributed by atoms with Gasteiger partial charge in [-0.25, -0.2) is 4.79 Å². The van der Waals surface area contributed by atoms with E-state index in [0.717, 1.165) is 0 Å². The molecule has 25 heavy (non-hydrogen) atoms. The van der Waals surface area contributed by atoms with Gasteiger partial charge in [0.25, 0.3) is 0 Å². The van der Waals surface area contributed by atoms with Crippen LogP contribution in [0, 0.1) is 23.2 Å². The fraction of sp³-hybridized carbons (Fsp3) is 0.714. The summed E-state index contributed by atoms with van der Waals surface area (Å²) in [6.45, 7) is -0.197. The van der Waals surface area contributed by atoms with Crippen LogP contribution in [0.5, 0.6) is 0 Å². The second-order valence-corrected chi connectivity index (χ2v) is 6.06. The molecule has 0 aromatic heterocycles. The molecule has 2 fully saturated rings. The third-order valence-electron chi connectivity index (χ3n) is 4.53. The van der Waals surface area contributed by atoms with Gasteiger partial charge in [-0.1, -0.05) is 0 Å². The summed E-state index contributed by atoms with van der Waals surface area (Å²) in [6.07, 6.45) is -4.84. The van der Waals surface area contributed by atoms with Crippen LogP contribution in [0.25, 0.3) is 0 Å². The molecule has 1 aliphatic heterocycles. The molecule has 1 heterocycles. The number of amides is 1. The summed E-state index contributed by atoms with van der Waals surface area (Å²) in [7, 11) is 1.43. The number of alkyl halides is 3. The van der Waals surface area contributed by atoms with Crippen LogP contribution in [-0.4, -0.2) is 54.1 Å². The number of hydrogen-bond donors (Lipinski definition) is 2. The fourth-order valence-corrected chi connectivity index (χ4v) is 3.05. The number of rotatable bonds is 5. The maximum atomic E-state index is 12.7. The van der Waals surface area contributed by atoms with Gasteiger partial charge in [0.2, 0.25) is 11.4 Å². The van der Waals surface area contributed by atoms with Gasteiger partial charge in [-0.2, -0.15) is 18.4 Å². The molecule has 3 N–H and O–H groups in total. The van der Waals surface area contributed by atoms with Gasteiger partial charge in [-0.05, 0) is 25.2 Å². The average molecular weight is 362 g/mol. The second-order valence-electron chi connectivity index (χ2n) is 6.06. The highest BCUT2D eigenvalue weighted by atomic mass is 19.4. The summed E-state index contributed by atoms with van der Waals surface area (Å²) in [4.78, 5) is 39.5. The fourth-order valence-electron chi connectivity index (χ4n) is 3.05. The van der Waals surface area contributed by atoms with Crippen LogP contribution in [0.15, 0.2) is 0 Å². The van der Waals surface area contributed by atoms with E-state index in [9.17, 15) is 32.8 Å². The molecule has 0 aromatic carbocycles. The van der Waals surface area contributed by atoms with Crippen molar-refractivity contribution in [2.75, 3.05) is 13.6 Å². The average Bonchev–Trinajstić information content (AvgIpc) is 3.26. The van der Waals surface area contributed by atoms with Gasteiger partial charge in [0.1, 0.15) is 0 Å². The quantitative estimate of drug-likeness (QED) is 0.684. The molecule has 0 radical (unpaired) electrons. The van der Waals surface area contributed by atoms with E-state index in [1.807, 2.05) is 0 Å². The van der Waals surface area contributed by atoms with Crippen LogP contribution in [0.3, 0.4) is 0 Å². The van der Waals surface area contributed by atoms with E-state index in [1.54, 1.807) is 6.07 Å². The lowest BCUT2D eigenvalue weighted by Gasteiger charge is -2.31. The van der Waals surface area contributed by atoms with Crippen LogP contribution in [0.4, 0.5) is 13.2 Å². The number of nitriles is 1. The summed E-state index contributed by atoms with van der Waals surface area (Å²) in [5, 5.41) is 12.3. The van der Waals surface area contributed by atoms with E-state index in [4.69, 9.17) is 5.73 Å². The minimum atomic E-state index is -5.25. The van der Waals surface area contributed by atoms with Gasteiger partial charge in [0, 0.05) is 19.5 Å². The molecule has 138 valence electrons. The standard InChI is InChI=1S/C14H17F3N4O4/c1-20-11(23)8-5-7(8)9(19)10(22)13(6-18)3-2-4-21(13)25-12(24)14(15,16)17/h7-9H,2-5,19H2,1H3,(H,20,23)/t7-,8-,9-,13-/m0/s1. The van der Waals surface area contributed by atoms with Crippen LogP contribution < -0.4 is 11.1 Å². The predicted octanol–water partition coefficient (Wildman–Crippen LogP) is -0.356. The van der Waals surface area contributed by atoms with Gasteiger partial charge in [0.15, 0.2) is 5.78 Å². The highest BCUT2D eigenvalue weighted by Gasteiger charge is 2.58. The maximum Gasteiger partial charge on any atom is 0.492 e. The Morgan fingerprint density at radius 3 is 2.60 bits per heavy atom. The van der Waals surface area contributed by atoms with Crippen LogP contribution in [-0.2, 0) is 19.2 Å². The number of nitrogens with one attached hydrogen (secondary N) is 1. The van der Waals surface area contributed by atoms with Crippen molar-refractivity contribution in [2.45, 2.75) is 37.0 Å². The molecular weight excluding hydrogens is 345 g/mol. The monoisotopic (exact) mass is 362 g/mol. The van der Waals surface area contributed by atoms with E-state index >= 15 is 0 Å². The number of nitrogens with two attached hydrogens (primary N) is 1. The number of hydrogen-bond acceptors (Lipinski definition) is 7. The van der Waals surface area contributed by atoms with E-state index in [2.05, 4.69) is 10.2 Å². The van der Waals surface area contributed by atoms with Crippen molar-refractivity contribution in [3.8, 4) is 6.07 Å². The smallest absolute Gasteiger partial charge is 0.359 e. The molecule has 0 spiro atoms. The molecule has 1 saturated heterocycles. The van der Waals surface area contributed by atoms with E-state index in [-0.39, 0.29) is 25.3 Å². The SMILES string of the molecule is CNC(=O)[C@H]1C[C@@H]1[C@H](N)C(=O)[C@@]1(C#N)CCCN1OC(=O)C(F)(F)F. The number of nitrogens with zero attached hydrogens (tertiary/aromatic N) is 2. The molecule has 11 heteroatoms. The molecule has 8 nitrogen and oxygen atoms in total. The Kier molecular flexibility index (Phi) is 5.06. The molecule has 0 bridgehead atoms. The zero-order valence-electron chi connectivity index (χ0n) is 13.3. The molecule has 1 aliphatic carbocycles. The second kappa shape index (κ2) is 6.61. The van der Waals surface area contributed by atoms with Crippen LogP contribution >= 0.6 is 0 Å². The number of carbonyl (C=O) groups is 3. The number of Topliss-reactive ketones (excluding diaryl/α,β-unsaturated/α-hetero) is 1. The Balaban J connectivity index is 2.15. The van der Waals surface area contributed by atoms with Gasteiger partial charge < -0.3 is 15.9 Å². The lowest BCUT2D eigenvalue weighted by Crippen LogP contribution is -2.57. The number of halogens is 3. The van der Waals surface area contributed by atoms with Crippen LogP contribution in [0.1, 0.15) is 19.3 Å². The van der Waals surface area contributed by atoms with Crippen molar-refractivity contribution in [3.05, 3.63) is 0 Å². The first-order valence-corrected chi connectivity index (χ1v) is 7.58. The third-order valence-corrected chi connectivity index (χ3v) is 4.53. The molecule has 2 rings (SSSR count). The summed E-state index contributed by atoms with van der Waals surface area (Å²) in [5.74, 6) is -4.64.